The zero-order valence-electron chi connectivity index (χ0n) is 14.0. The molecule has 3 aromatic rings. The molecule has 0 bridgehead atoms. The van der Waals surface area contributed by atoms with Crippen molar-refractivity contribution in [1.29, 1.82) is 0 Å². The zero-order valence-corrected chi connectivity index (χ0v) is 14.0. The molecule has 26 heavy (non-hydrogen) atoms. The molecule has 2 N–H and O–H groups in total. The number of hydrogen-bond acceptors (Lipinski definition) is 6. The van der Waals surface area contributed by atoms with Crippen molar-refractivity contribution >= 4 is 17.3 Å². The van der Waals surface area contributed by atoms with Crippen LogP contribution in [0.15, 0.2) is 52.0 Å². The van der Waals surface area contributed by atoms with Crippen molar-refractivity contribution < 1.29 is 14.1 Å². The van der Waals surface area contributed by atoms with E-state index in [1.54, 1.807) is 31.2 Å². The number of H-pyrrole nitrogens is 1. The van der Waals surface area contributed by atoms with Crippen molar-refractivity contribution in [1.82, 2.24) is 15.6 Å². The maximum absolute atomic E-state index is 12.2. The van der Waals surface area contributed by atoms with Crippen LogP contribution in [0.1, 0.15) is 28.7 Å². The summed E-state index contributed by atoms with van der Waals surface area (Å²) in [6.07, 6.45) is 0. The predicted molar refractivity (Wildman–Crippen MR) is 93.8 cm³/mol. The highest BCUT2D eigenvalue weighted by Crippen LogP contribution is 2.20. The Morgan fingerprint density at radius 3 is 2.81 bits per heavy atom. The minimum atomic E-state index is -0.513. The van der Waals surface area contributed by atoms with Gasteiger partial charge in [-0.3, -0.25) is 20.0 Å². The molecule has 0 aliphatic rings. The third kappa shape index (κ3) is 3.66. The SMILES string of the molecule is C/C(=N\NC(=O)c1cc(-c2ccc(C)o2)[nH]n1)c1cccc([N+](=O)[O-])c1. The smallest absolute Gasteiger partial charge is 0.291 e. The lowest BCUT2D eigenvalue weighted by Gasteiger charge is -2.01. The Labute approximate surface area is 147 Å². The number of nitro benzene ring substituents is 1. The normalized spacial score (nSPS) is 11.4. The molecule has 2 heterocycles. The monoisotopic (exact) mass is 353 g/mol. The van der Waals surface area contributed by atoms with Crippen LogP contribution in [0.4, 0.5) is 5.69 Å². The summed E-state index contributed by atoms with van der Waals surface area (Å²) in [5.41, 5.74) is 4.02. The third-order valence-electron chi connectivity index (χ3n) is 3.62. The average Bonchev–Trinajstić information content (AvgIpc) is 3.28. The van der Waals surface area contributed by atoms with Crippen LogP contribution in [0.3, 0.4) is 0 Å². The van der Waals surface area contributed by atoms with Gasteiger partial charge in [-0.1, -0.05) is 12.1 Å². The molecule has 1 amide bonds. The van der Waals surface area contributed by atoms with E-state index in [1.165, 1.54) is 12.1 Å². The van der Waals surface area contributed by atoms with Crippen molar-refractivity contribution in [2.45, 2.75) is 13.8 Å². The van der Waals surface area contributed by atoms with Crippen LogP contribution in [0.2, 0.25) is 0 Å². The molecule has 0 saturated heterocycles. The summed E-state index contributed by atoms with van der Waals surface area (Å²) in [7, 11) is 0. The maximum atomic E-state index is 12.2. The molecule has 3 rings (SSSR count). The Kier molecular flexibility index (Phi) is 4.61. The largest absolute Gasteiger partial charge is 0.460 e. The number of amides is 1. The van der Waals surface area contributed by atoms with Gasteiger partial charge in [0, 0.05) is 23.8 Å². The summed E-state index contributed by atoms with van der Waals surface area (Å²) in [6, 6.07) is 11.1. The number of rotatable bonds is 5. The molecule has 132 valence electrons. The molecule has 1 aromatic carbocycles. The molecule has 0 aliphatic carbocycles. The molecular formula is C17H15N5O4. The first kappa shape index (κ1) is 17.1. The molecule has 0 radical (unpaired) electrons. The Morgan fingerprint density at radius 2 is 2.12 bits per heavy atom. The third-order valence-corrected chi connectivity index (χ3v) is 3.62. The van der Waals surface area contributed by atoms with Gasteiger partial charge in [-0.25, -0.2) is 5.43 Å². The number of carbonyl (C=O) groups is 1. The average molecular weight is 353 g/mol. The Bertz CT molecular complexity index is 1000. The maximum Gasteiger partial charge on any atom is 0.291 e. The van der Waals surface area contributed by atoms with Gasteiger partial charge in [-0.15, -0.1) is 0 Å². The second-order valence-corrected chi connectivity index (χ2v) is 5.52. The number of nitrogens with one attached hydrogen (secondary N) is 2. The molecule has 0 atom stereocenters. The van der Waals surface area contributed by atoms with E-state index < -0.39 is 10.8 Å². The van der Waals surface area contributed by atoms with Gasteiger partial charge < -0.3 is 4.42 Å². The van der Waals surface area contributed by atoms with E-state index in [0.29, 0.717) is 22.7 Å². The van der Waals surface area contributed by atoms with Crippen LogP contribution in [0.5, 0.6) is 0 Å². The molecule has 0 spiro atoms. The second-order valence-electron chi connectivity index (χ2n) is 5.52. The fraction of sp³-hybridized carbons (Fsp3) is 0.118. The number of hydrogen-bond donors (Lipinski definition) is 2. The summed E-state index contributed by atoms with van der Waals surface area (Å²) < 4.78 is 5.46. The van der Waals surface area contributed by atoms with E-state index in [4.69, 9.17) is 4.42 Å². The van der Waals surface area contributed by atoms with Crippen LogP contribution in [-0.2, 0) is 0 Å². The van der Waals surface area contributed by atoms with Crippen molar-refractivity contribution in [3.8, 4) is 11.5 Å². The fourth-order valence-electron chi connectivity index (χ4n) is 2.24. The van der Waals surface area contributed by atoms with Gasteiger partial charge in [0.2, 0.25) is 0 Å². The molecule has 0 fully saturated rings. The minimum absolute atomic E-state index is 0.0472. The van der Waals surface area contributed by atoms with Crippen molar-refractivity contribution in [2.24, 2.45) is 5.10 Å². The Balaban J connectivity index is 1.72. The highest BCUT2D eigenvalue weighted by Gasteiger charge is 2.13. The number of nitro groups is 1. The zero-order chi connectivity index (χ0) is 18.7. The number of aromatic nitrogens is 2. The summed E-state index contributed by atoms with van der Waals surface area (Å²) in [6.45, 7) is 3.46. The topological polar surface area (TPSA) is 126 Å². The lowest BCUT2D eigenvalue weighted by Crippen LogP contribution is -2.19. The number of non-ortho nitro benzene ring substituents is 1. The first-order chi connectivity index (χ1) is 12.4. The van der Waals surface area contributed by atoms with Crippen LogP contribution in [0, 0.1) is 17.0 Å². The van der Waals surface area contributed by atoms with Crippen LogP contribution in [0.25, 0.3) is 11.5 Å². The first-order valence-corrected chi connectivity index (χ1v) is 7.65. The quantitative estimate of drug-likeness (QED) is 0.414. The van der Waals surface area contributed by atoms with Gasteiger partial charge >= 0.3 is 0 Å². The van der Waals surface area contributed by atoms with Crippen LogP contribution < -0.4 is 5.43 Å². The highest BCUT2D eigenvalue weighted by atomic mass is 16.6. The number of aryl methyl sites for hydroxylation is 1. The Morgan fingerprint density at radius 1 is 1.31 bits per heavy atom. The fourth-order valence-corrected chi connectivity index (χ4v) is 2.24. The van der Waals surface area contributed by atoms with Crippen LogP contribution in [-0.4, -0.2) is 26.7 Å². The van der Waals surface area contributed by atoms with Crippen molar-refractivity contribution in [3.05, 3.63) is 69.6 Å². The number of hydrazone groups is 1. The molecule has 9 heteroatoms. The molecular weight excluding hydrogens is 338 g/mol. The van der Waals surface area contributed by atoms with Crippen molar-refractivity contribution in [2.75, 3.05) is 0 Å². The number of aromatic amines is 1. The van der Waals surface area contributed by atoms with E-state index in [0.717, 1.165) is 5.76 Å². The highest BCUT2D eigenvalue weighted by molar-refractivity contribution is 6.01. The van der Waals surface area contributed by atoms with E-state index in [-0.39, 0.29) is 11.4 Å². The molecule has 9 nitrogen and oxygen atoms in total. The van der Waals surface area contributed by atoms with Crippen molar-refractivity contribution in [3.63, 3.8) is 0 Å². The van der Waals surface area contributed by atoms with Gasteiger partial charge in [-0.05, 0) is 26.0 Å². The summed E-state index contributed by atoms with van der Waals surface area (Å²) >= 11 is 0. The molecule has 2 aromatic heterocycles. The number of benzene rings is 1. The van der Waals surface area contributed by atoms with Gasteiger partial charge in [0.1, 0.15) is 11.5 Å². The van der Waals surface area contributed by atoms with Crippen LogP contribution >= 0.6 is 0 Å². The molecule has 0 saturated carbocycles. The number of furan rings is 1. The summed E-state index contributed by atoms with van der Waals surface area (Å²) in [4.78, 5) is 22.5. The van der Waals surface area contributed by atoms with E-state index in [1.807, 2.05) is 13.0 Å². The number of carbonyl (C=O) groups excluding carboxylic acids is 1. The summed E-state index contributed by atoms with van der Waals surface area (Å²) in [5, 5.41) is 21.5. The lowest BCUT2D eigenvalue weighted by atomic mass is 10.1. The van der Waals surface area contributed by atoms with E-state index in [2.05, 4.69) is 20.7 Å². The van der Waals surface area contributed by atoms with Gasteiger partial charge in [0.05, 0.1) is 10.6 Å². The number of nitrogens with zero attached hydrogens (tertiary/aromatic N) is 3. The summed E-state index contributed by atoms with van der Waals surface area (Å²) in [5.74, 6) is 0.809. The molecule has 0 aliphatic heterocycles. The van der Waals surface area contributed by atoms with E-state index >= 15 is 0 Å². The lowest BCUT2D eigenvalue weighted by molar-refractivity contribution is -0.384. The molecule has 0 unspecified atom stereocenters. The second kappa shape index (κ2) is 7.01. The van der Waals surface area contributed by atoms with E-state index in [9.17, 15) is 14.9 Å². The van der Waals surface area contributed by atoms with Gasteiger partial charge in [-0.2, -0.15) is 10.2 Å². The first-order valence-electron chi connectivity index (χ1n) is 7.65. The van der Waals surface area contributed by atoms with Gasteiger partial charge in [0.15, 0.2) is 11.5 Å². The minimum Gasteiger partial charge on any atom is -0.460 e. The Hall–Kier alpha value is -3.75. The predicted octanol–water partition coefficient (Wildman–Crippen LogP) is 3.04. The standard InChI is InChI=1S/C17H15N5O4/c1-10-6-7-16(26-10)14-9-15(20-19-14)17(23)21-18-11(2)12-4-3-5-13(8-12)22(24)25/h3-9H,1-2H3,(H,19,20)(H,21,23)/b18-11+. The van der Waals surface area contributed by atoms with Gasteiger partial charge in [0.25, 0.3) is 11.6 Å².